The standard InChI is InChI=1S/C7H8FN.C2H6/c1-5-3-6(2)9-4-7(5)8;1-2/h3-4H,1-2H3;1-2H3. The molecule has 0 saturated carbocycles. The number of pyridine rings is 1. The van der Waals surface area contributed by atoms with Crippen LogP contribution in [0.5, 0.6) is 0 Å². The smallest absolute Gasteiger partial charge is 0.144 e. The van der Waals surface area contributed by atoms with Crippen molar-refractivity contribution in [1.82, 2.24) is 4.98 Å². The molecule has 0 unspecified atom stereocenters. The van der Waals surface area contributed by atoms with Gasteiger partial charge in [0.15, 0.2) is 0 Å². The van der Waals surface area contributed by atoms with Crippen LogP contribution in [-0.2, 0) is 0 Å². The minimum absolute atomic E-state index is 0.236. The van der Waals surface area contributed by atoms with Gasteiger partial charge in [-0.2, -0.15) is 0 Å². The third kappa shape index (κ3) is 3.12. The molecule has 0 fully saturated rings. The summed E-state index contributed by atoms with van der Waals surface area (Å²) in [5, 5.41) is 0. The fraction of sp³-hybridized carbons (Fsp3) is 0.444. The molecule has 0 radical (unpaired) electrons. The molecule has 0 N–H and O–H groups in total. The molecule has 1 nitrogen and oxygen atoms in total. The van der Waals surface area contributed by atoms with Crippen LogP contribution in [0.15, 0.2) is 12.3 Å². The third-order valence-electron chi connectivity index (χ3n) is 1.18. The summed E-state index contributed by atoms with van der Waals surface area (Å²) in [7, 11) is 0. The first-order valence-electron chi connectivity index (χ1n) is 3.79. The lowest BCUT2D eigenvalue weighted by molar-refractivity contribution is 0.610. The van der Waals surface area contributed by atoms with Gasteiger partial charge < -0.3 is 0 Å². The molecule has 0 aromatic carbocycles. The van der Waals surface area contributed by atoms with Crippen molar-refractivity contribution >= 4 is 0 Å². The van der Waals surface area contributed by atoms with Crippen LogP contribution in [-0.4, -0.2) is 4.98 Å². The van der Waals surface area contributed by atoms with Crippen LogP contribution >= 0.6 is 0 Å². The van der Waals surface area contributed by atoms with Gasteiger partial charge >= 0.3 is 0 Å². The van der Waals surface area contributed by atoms with Gasteiger partial charge in [0.1, 0.15) is 5.82 Å². The maximum Gasteiger partial charge on any atom is 0.144 e. The highest BCUT2D eigenvalue weighted by Crippen LogP contribution is 2.03. The monoisotopic (exact) mass is 155 g/mol. The maximum atomic E-state index is 12.4. The largest absolute Gasteiger partial charge is 0.259 e. The molecule has 0 spiro atoms. The Hall–Kier alpha value is -0.920. The van der Waals surface area contributed by atoms with Gasteiger partial charge in [-0.15, -0.1) is 0 Å². The summed E-state index contributed by atoms with van der Waals surface area (Å²) in [5.74, 6) is -0.236. The Balaban J connectivity index is 0.000000461. The molecule has 0 saturated heterocycles. The molecule has 0 amide bonds. The van der Waals surface area contributed by atoms with Crippen molar-refractivity contribution in [2.75, 3.05) is 0 Å². The van der Waals surface area contributed by atoms with E-state index in [-0.39, 0.29) is 5.82 Å². The molecule has 62 valence electrons. The molecule has 1 heterocycles. The SMILES string of the molecule is CC.Cc1cc(C)c(F)cn1. The first kappa shape index (κ1) is 10.1. The van der Waals surface area contributed by atoms with Crippen molar-refractivity contribution in [1.29, 1.82) is 0 Å². The van der Waals surface area contributed by atoms with Crippen molar-refractivity contribution in [2.24, 2.45) is 0 Å². The lowest BCUT2D eigenvalue weighted by Gasteiger charge is -1.94. The van der Waals surface area contributed by atoms with E-state index in [4.69, 9.17) is 0 Å². The summed E-state index contributed by atoms with van der Waals surface area (Å²) in [5.41, 5.74) is 1.51. The van der Waals surface area contributed by atoms with E-state index < -0.39 is 0 Å². The first-order chi connectivity index (χ1) is 5.20. The number of aryl methyl sites for hydroxylation is 2. The van der Waals surface area contributed by atoms with Crippen LogP contribution < -0.4 is 0 Å². The number of halogens is 1. The first-order valence-corrected chi connectivity index (χ1v) is 3.79. The van der Waals surface area contributed by atoms with E-state index in [0.717, 1.165) is 5.69 Å². The molecular formula is C9H14FN. The summed E-state index contributed by atoms with van der Waals surface area (Å²) >= 11 is 0. The van der Waals surface area contributed by atoms with Gasteiger partial charge in [-0.1, -0.05) is 13.8 Å². The molecule has 0 atom stereocenters. The van der Waals surface area contributed by atoms with Gasteiger partial charge in [-0.25, -0.2) is 4.39 Å². The Kier molecular flexibility index (Phi) is 4.42. The van der Waals surface area contributed by atoms with Gasteiger partial charge in [0, 0.05) is 5.69 Å². The average Bonchev–Trinajstić information content (AvgIpc) is 2.02. The second kappa shape index (κ2) is 4.83. The van der Waals surface area contributed by atoms with Gasteiger partial charge in [0.2, 0.25) is 0 Å². The molecule has 0 aliphatic rings. The zero-order chi connectivity index (χ0) is 8.85. The quantitative estimate of drug-likeness (QED) is 0.561. The van der Waals surface area contributed by atoms with Crippen LogP contribution in [0, 0.1) is 19.7 Å². The predicted molar refractivity (Wildman–Crippen MR) is 45.0 cm³/mol. The number of hydrogen-bond donors (Lipinski definition) is 0. The van der Waals surface area contributed by atoms with Crippen molar-refractivity contribution in [3.05, 3.63) is 29.3 Å². The number of aromatic nitrogens is 1. The van der Waals surface area contributed by atoms with E-state index in [1.165, 1.54) is 6.20 Å². The van der Waals surface area contributed by atoms with Gasteiger partial charge in [-0.3, -0.25) is 4.98 Å². The third-order valence-corrected chi connectivity index (χ3v) is 1.18. The summed E-state index contributed by atoms with van der Waals surface area (Å²) in [4.78, 5) is 3.76. The Morgan fingerprint density at radius 2 is 1.82 bits per heavy atom. The topological polar surface area (TPSA) is 12.9 Å². The molecule has 1 aromatic heterocycles. The van der Waals surface area contributed by atoms with Crippen molar-refractivity contribution in [2.45, 2.75) is 27.7 Å². The van der Waals surface area contributed by atoms with Crippen LogP contribution in [0.2, 0.25) is 0 Å². The molecule has 11 heavy (non-hydrogen) atoms. The molecule has 0 bridgehead atoms. The minimum atomic E-state index is -0.236. The Bertz CT molecular complexity index is 221. The minimum Gasteiger partial charge on any atom is -0.259 e. The molecule has 1 rings (SSSR count). The van der Waals surface area contributed by atoms with Crippen molar-refractivity contribution < 1.29 is 4.39 Å². The lowest BCUT2D eigenvalue weighted by atomic mass is 10.2. The van der Waals surface area contributed by atoms with Crippen LogP contribution in [0.25, 0.3) is 0 Å². The van der Waals surface area contributed by atoms with Crippen molar-refractivity contribution in [3.8, 4) is 0 Å². The van der Waals surface area contributed by atoms with E-state index in [2.05, 4.69) is 4.98 Å². The average molecular weight is 155 g/mol. The van der Waals surface area contributed by atoms with Gasteiger partial charge in [0.05, 0.1) is 6.20 Å². The van der Waals surface area contributed by atoms with E-state index in [0.29, 0.717) is 5.56 Å². The second-order valence-electron chi connectivity index (χ2n) is 2.07. The normalized spacial score (nSPS) is 8.45. The van der Waals surface area contributed by atoms with E-state index in [1.54, 1.807) is 13.0 Å². The Labute approximate surface area is 67.3 Å². The molecule has 2 heteroatoms. The predicted octanol–water partition coefficient (Wildman–Crippen LogP) is 2.86. The van der Waals surface area contributed by atoms with E-state index in [1.807, 2.05) is 20.8 Å². The number of rotatable bonds is 0. The molecular weight excluding hydrogens is 141 g/mol. The fourth-order valence-corrected chi connectivity index (χ4v) is 0.680. The van der Waals surface area contributed by atoms with Crippen LogP contribution in [0.3, 0.4) is 0 Å². The van der Waals surface area contributed by atoms with Crippen LogP contribution in [0.4, 0.5) is 4.39 Å². The summed E-state index contributed by atoms with van der Waals surface area (Å²) in [6.07, 6.45) is 1.24. The van der Waals surface area contributed by atoms with E-state index in [9.17, 15) is 4.39 Å². The fourth-order valence-electron chi connectivity index (χ4n) is 0.680. The van der Waals surface area contributed by atoms with Crippen LogP contribution in [0.1, 0.15) is 25.1 Å². The molecule has 0 aliphatic heterocycles. The van der Waals surface area contributed by atoms with E-state index >= 15 is 0 Å². The number of hydrogen-bond acceptors (Lipinski definition) is 1. The highest BCUT2D eigenvalue weighted by Gasteiger charge is 1.94. The zero-order valence-corrected chi connectivity index (χ0v) is 7.48. The molecule has 0 aliphatic carbocycles. The highest BCUT2D eigenvalue weighted by atomic mass is 19.1. The zero-order valence-electron chi connectivity index (χ0n) is 7.48. The van der Waals surface area contributed by atoms with Gasteiger partial charge in [-0.05, 0) is 25.5 Å². The van der Waals surface area contributed by atoms with Gasteiger partial charge in [0.25, 0.3) is 0 Å². The Morgan fingerprint density at radius 1 is 1.27 bits per heavy atom. The summed E-state index contributed by atoms with van der Waals surface area (Å²) in [6.45, 7) is 7.57. The Morgan fingerprint density at radius 3 is 2.18 bits per heavy atom. The summed E-state index contributed by atoms with van der Waals surface area (Å²) < 4.78 is 12.4. The number of nitrogens with zero attached hydrogens (tertiary/aromatic N) is 1. The lowest BCUT2D eigenvalue weighted by Crippen LogP contribution is -1.86. The molecule has 1 aromatic rings. The van der Waals surface area contributed by atoms with Crippen molar-refractivity contribution in [3.63, 3.8) is 0 Å². The maximum absolute atomic E-state index is 12.4. The second-order valence-corrected chi connectivity index (χ2v) is 2.07. The summed E-state index contributed by atoms with van der Waals surface area (Å²) in [6, 6.07) is 1.72. The highest BCUT2D eigenvalue weighted by molar-refractivity contribution is 5.14.